The third-order valence-electron chi connectivity index (χ3n) is 4.03. The highest BCUT2D eigenvalue weighted by atomic mass is 79.9. The second kappa shape index (κ2) is 7.58. The molecule has 0 bridgehead atoms. The van der Waals surface area contributed by atoms with Gasteiger partial charge in [0.1, 0.15) is 0 Å². The maximum atomic E-state index is 12.9. The molecule has 3 amide bonds. The molecule has 138 valence electrons. The van der Waals surface area contributed by atoms with E-state index in [2.05, 4.69) is 31.9 Å². The van der Waals surface area contributed by atoms with Crippen LogP contribution in [0, 0.1) is 10.1 Å². The second-order valence-electron chi connectivity index (χ2n) is 5.88. The number of nitro benzene ring substituents is 1. The van der Waals surface area contributed by atoms with Crippen molar-refractivity contribution in [1.82, 2.24) is 10.6 Å². The van der Waals surface area contributed by atoms with Crippen LogP contribution in [0.1, 0.15) is 18.5 Å². The van der Waals surface area contributed by atoms with Crippen molar-refractivity contribution in [3.05, 3.63) is 80.0 Å². The largest absolute Gasteiger partial charge is 0.327 e. The van der Waals surface area contributed by atoms with Crippen molar-refractivity contribution < 1.29 is 14.5 Å². The molecule has 27 heavy (non-hydrogen) atoms. The van der Waals surface area contributed by atoms with Crippen molar-refractivity contribution in [3.63, 3.8) is 0 Å². The fourth-order valence-corrected chi connectivity index (χ4v) is 3.21. The first-order valence-electron chi connectivity index (χ1n) is 7.94. The molecule has 8 nitrogen and oxygen atoms in total. The number of anilines is 1. The first kappa shape index (κ1) is 18.6. The van der Waals surface area contributed by atoms with E-state index in [-0.39, 0.29) is 5.69 Å². The van der Waals surface area contributed by atoms with E-state index >= 15 is 0 Å². The Hall–Kier alpha value is -3.20. The second-order valence-corrected chi connectivity index (χ2v) is 6.80. The Labute approximate surface area is 162 Å². The number of nitrogens with zero attached hydrogens (tertiary/aromatic N) is 1. The van der Waals surface area contributed by atoms with Crippen LogP contribution in [0.25, 0.3) is 0 Å². The molecular formula is C18H15BrN4O4. The van der Waals surface area contributed by atoms with Gasteiger partial charge >= 0.3 is 6.03 Å². The summed E-state index contributed by atoms with van der Waals surface area (Å²) in [7, 11) is 0. The van der Waals surface area contributed by atoms with E-state index in [4.69, 9.17) is 0 Å². The Kier molecular flexibility index (Phi) is 5.22. The van der Waals surface area contributed by atoms with Crippen molar-refractivity contribution in [3.8, 4) is 0 Å². The maximum absolute atomic E-state index is 12.9. The molecule has 0 spiro atoms. The SMILES string of the molecule is CC1=C(C(=O)Nc2ccc([N+](=O)[O-])cc2)[C@H](c2cccc(Br)c2)NC(=O)N1. The Morgan fingerprint density at radius 2 is 1.93 bits per heavy atom. The molecule has 2 aromatic carbocycles. The lowest BCUT2D eigenvalue weighted by molar-refractivity contribution is -0.384. The number of carbonyl (C=O) groups excluding carboxylic acids is 2. The van der Waals surface area contributed by atoms with Gasteiger partial charge in [0.2, 0.25) is 0 Å². The van der Waals surface area contributed by atoms with Crippen molar-refractivity contribution in [2.75, 3.05) is 5.32 Å². The molecule has 0 fully saturated rings. The van der Waals surface area contributed by atoms with Crippen molar-refractivity contribution in [2.24, 2.45) is 0 Å². The number of nitro groups is 1. The summed E-state index contributed by atoms with van der Waals surface area (Å²) < 4.78 is 0.820. The van der Waals surface area contributed by atoms with Crippen LogP contribution < -0.4 is 16.0 Å². The Morgan fingerprint density at radius 3 is 2.56 bits per heavy atom. The molecule has 1 heterocycles. The zero-order valence-electron chi connectivity index (χ0n) is 14.2. The number of rotatable bonds is 4. The molecule has 2 aromatic rings. The first-order valence-corrected chi connectivity index (χ1v) is 8.74. The molecule has 0 saturated heterocycles. The van der Waals surface area contributed by atoms with Crippen molar-refractivity contribution in [2.45, 2.75) is 13.0 Å². The number of non-ortho nitro benzene ring substituents is 1. The van der Waals surface area contributed by atoms with Gasteiger partial charge in [0.05, 0.1) is 16.5 Å². The number of amides is 3. The van der Waals surface area contributed by atoms with E-state index < -0.39 is 22.9 Å². The predicted molar refractivity (Wildman–Crippen MR) is 103 cm³/mol. The summed E-state index contributed by atoms with van der Waals surface area (Å²) in [6.07, 6.45) is 0. The third-order valence-corrected chi connectivity index (χ3v) is 4.53. The van der Waals surface area contributed by atoms with Gasteiger partial charge in [-0.2, -0.15) is 0 Å². The highest BCUT2D eigenvalue weighted by Gasteiger charge is 2.31. The van der Waals surface area contributed by atoms with Gasteiger partial charge in [-0.3, -0.25) is 14.9 Å². The minimum Gasteiger partial charge on any atom is -0.327 e. The zero-order valence-corrected chi connectivity index (χ0v) is 15.7. The fraction of sp³-hybridized carbons (Fsp3) is 0.111. The van der Waals surface area contributed by atoms with Gasteiger partial charge in [0.15, 0.2) is 0 Å². The molecule has 1 aliphatic rings. The van der Waals surface area contributed by atoms with E-state index in [0.717, 1.165) is 10.0 Å². The summed E-state index contributed by atoms with van der Waals surface area (Å²) in [5, 5.41) is 18.8. The zero-order chi connectivity index (χ0) is 19.6. The van der Waals surface area contributed by atoms with Crippen molar-refractivity contribution in [1.29, 1.82) is 0 Å². The van der Waals surface area contributed by atoms with Crippen molar-refractivity contribution >= 4 is 39.2 Å². The lowest BCUT2D eigenvalue weighted by Crippen LogP contribution is -2.45. The summed E-state index contributed by atoms with van der Waals surface area (Å²) >= 11 is 3.39. The molecule has 3 rings (SSSR count). The molecule has 9 heteroatoms. The normalized spacial score (nSPS) is 16.4. The van der Waals surface area contributed by atoms with E-state index in [1.165, 1.54) is 24.3 Å². The highest BCUT2D eigenvalue weighted by Crippen LogP contribution is 2.29. The maximum Gasteiger partial charge on any atom is 0.319 e. The summed E-state index contributed by atoms with van der Waals surface area (Å²) in [5.41, 5.74) is 1.87. The lowest BCUT2D eigenvalue weighted by atomic mass is 9.95. The standard InChI is InChI=1S/C18H15BrN4O4/c1-10-15(17(24)21-13-5-7-14(8-6-13)23(26)27)16(22-18(25)20-10)11-3-2-4-12(19)9-11/h2-9,16H,1H3,(H,21,24)(H2,20,22,25)/t16-/m0/s1. The number of hydrogen-bond acceptors (Lipinski definition) is 4. The van der Waals surface area contributed by atoms with Crippen LogP contribution in [0.4, 0.5) is 16.2 Å². The monoisotopic (exact) mass is 430 g/mol. The lowest BCUT2D eigenvalue weighted by Gasteiger charge is -2.28. The highest BCUT2D eigenvalue weighted by molar-refractivity contribution is 9.10. The van der Waals surface area contributed by atoms with Crippen LogP contribution >= 0.6 is 15.9 Å². The average Bonchev–Trinajstić information content (AvgIpc) is 2.61. The van der Waals surface area contributed by atoms with Crippen LogP contribution in [-0.2, 0) is 4.79 Å². The smallest absolute Gasteiger partial charge is 0.319 e. The Bertz CT molecular complexity index is 956. The van der Waals surface area contributed by atoms with E-state index in [1.807, 2.05) is 24.3 Å². The molecule has 1 atom stereocenters. The van der Waals surface area contributed by atoms with Gasteiger partial charge in [0, 0.05) is 28.0 Å². The summed E-state index contributed by atoms with van der Waals surface area (Å²) in [5.74, 6) is -0.418. The number of carbonyl (C=O) groups is 2. The first-order chi connectivity index (χ1) is 12.8. The predicted octanol–water partition coefficient (Wildman–Crippen LogP) is 3.62. The van der Waals surface area contributed by atoms with Crippen LogP contribution in [0.15, 0.2) is 64.3 Å². The summed E-state index contributed by atoms with van der Waals surface area (Å²) in [6, 6.07) is 11.8. The number of benzene rings is 2. The number of halogens is 1. The van der Waals surface area contributed by atoms with Gasteiger partial charge in [-0.05, 0) is 36.8 Å². The summed E-state index contributed by atoms with van der Waals surface area (Å²) in [4.78, 5) is 35.0. The average molecular weight is 431 g/mol. The van der Waals surface area contributed by atoms with Gasteiger partial charge < -0.3 is 16.0 Å². The van der Waals surface area contributed by atoms with Gasteiger partial charge in [-0.1, -0.05) is 28.1 Å². The minimum absolute atomic E-state index is 0.0676. The van der Waals surface area contributed by atoms with Gasteiger partial charge in [-0.15, -0.1) is 0 Å². The number of nitrogens with one attached hydrogen (secondary N) is 3. The molecule has 0 saturated carbocycles. The van der Waals surface area contributed by atoms with E-state index in [9.17, 15) is 19.7 Å². The van der Waals surface area contributed by atoms with Gasteiger partial charge in [-0.25, -0.2) is 4.79 Å². The molecule has 0 radical (unpaired) electrons. The van der Waals surface area contributed by atoms with E-state index in [0.29, 0.717) is 17.0 Å². The van der Waals surface area contributed by atoms with Crippen LogP contribution in [-0.4, -0.2) is 16.9 Å². The number of urea groups is 1. The molecule has 0 unspecified atom stereocenters. The molecule has 0 aliphatic carbocycles. The van der Waals surface area contributed by atoms with E-state index in [1.54, 1.807) is 6.92 Å². The Morgan fingerprint density at radius 1 is 1.22 bits per heavy atom. The molecule has 3 N–H and O–H groups in total. The molecule has 1 aliphatic heterocycles. The Balaban J connectivity index is 1.90. The molecule has 0 aromatic heterocycles. The number of hydrogen-bond donors (Lipinski definition) is 3. The fourth-order valence-electron chi connectivity index (χ4n) is 2.80. The van der Waals surface area contributed by atoms with Crippen LogP contribution in [0.2, 0.25) is 0 Å². The van der Waals surface area contributed by atoms with Crippen LogP contribution in [0.5, 0.6) is 0 Å². The summed E-state index contributed by atoms with van der Waals surface area (Å²) in [6.45, 7) is 1.65. The van der Waals surface area contributed by atoms with Gasteiger partial charge in [0.25, 0.3) is 11.6 Å². The molecular weight excluding hydrogens is 416 g/mol. The number of allylic oxidation sites excluding steroid dienone is 1. The quantitative estimate of drug-likeness (QED) is 0.507. The third kappa shape index (κ3) is 4.14. The minimum atomic E-state index is -0.630. The van der Waals surface area contributed by atoms with Crippen LogP contribution in [0.3, 0.4) is 0 Å². The topological polar surface area (TPSA) is 113 Å².